The third-order valence-corrected chi connectivity index (χ3v) is 2.61. The fourth-order valence-electron chi connectivity index (χ4n) is 1.56. The van der Waals surface area contributed by atoms with Gasteiger partial charge in [0.2, 0.25) is 5.91 Å². The van der Waals surface area contributed by atoms with Crippen LogP contribution >= 0.6 is 0 Å². The first-order chi connectivity index (χ1) is 9.40. The molecule has 4 N–H and O–H groups in total. The molecule has 0 heterocycles. The Morgan fingerprint density at radius 3 is 2.70 bits per heavy atom. The number of hydrogen-bond donors (Lipinski definition) is 3. The topological polar surface area (TPSA) is 110 Å². The summed E-state index contributed by atoms with van der Waals surface area (Å²) in [4.78, 5) is 21.6. The lowest BCUT2D eigenvalue weighted by atomic mass is 10.2. The van der Waals surface area contributed by atoms with E-state index in [2.05, 4.69) is 10.6 Å². The van der Waals surface area contributed by atoms with E-state index < -0.39 is 4.92 Å². The lowest BCUT2D eigenvalue weighted by Gasteiger charge is -2.09. The third-order valence-electron chi connectivity index (χ3n) is 2.61. The quantitative estimate of drug-likeness (QED) is 0.400. The summed E-state index contributed by atoms with van der Waals surface area (Å²) in [6.45, 7) is 5.15. The molecule has 0 atom stereocenters. The molecule has 0 aliphatic carbocycles. The zero-order valence-electron chi connectivity index (χ0n) is 11.7. The Morgan fingerprint density at radius 2 is 2.15 bits per heavy atom. The van der Waals surface area contributed by atoms with Crippen molar-refractivity contribution < 1.29 is 9.72 Å². The van der Waals surface area contributed by atoms with E-state index in [1.54, 1.807) is 6.07 Å². The second kappa shape index (κ2) is 7.32. The number of nitro benzene ring substituents is 1. The molecule has 0 bridgehead atoms. The molecular weight excluding hydrogens is 260 g/mol. The number of nitrogens with two attached hydrogens (primary N) is 1. The van der Waals surface area contributed by atoms with Crippen LogP contribution in [-0.4, -0.2) is 23.9 Å². The number of hydrogen-bond acceptors (Lipinski definition) is 5. The summed E-state index contributed by atoms with van der Waals surface area (Å²) in [5, 5.41) is 16.4. The first kappa shape index (κ1) is 15.7. The van der Waals surface area contributed by atoms with E-state index in [-0.39, 0.29) is 17.3 Å². The van der Waals surface area contributed by atoms with Crippen molar-refractivity contribution in [2.45, 2.75) is 20.3 Å². The van der Waals surface area contributed by atoms with Crippen molar-refractivity contribution in [3.05, 3.63) is 28.3 Å². The molecule has 1 amide bonds. The Kier molecular flexibility index (Phi) is 5.76. The van der Waals surface area contributed by atoms with E-state index in [1.165, 1.54) is 12.1 Å². The van der Waals surface area contributed by atoms with Gasteiger partial charge >= 0.3 is 0 Å². The number of rotatable bonds is 7. The van der Waals surface area contributed by atoms with Gasteiger partial charge in [-0.05, 0) is 18.1 Å². The number of benzene rings is 1. The molecule has 0 fully saturated rings. The average molecular weight is 280 g/mol. The monoisotopic (exact) mass is 280 g/mol. The van der Waals surface area contributed by atoms with E-state index in [0.717, 1.165) is 0 Å². The number of carbonyl (C=O) groups excluding carboxylic acids is 1. The molecule has 0 aliphatic heterocycles. The summed E-state index contributed by atoms with van der Waals surface area (Å²) in [7, 11) is 0. The molecule has 1 rings (SSSR count). The zero-order chi connectivity index (χ0) is 15.1. The maximum Gasteiger partial charge on any atom is 0.292 e. The molecule has 0 spiro atoms. The maximum absolute atomic E-state index is 11.5. The van der Waals surface area contributed by atoms with Gasteiger partial charge in [0.1, 0.15) is 5.69 Å². The Balaban J connectivity index is 2.41. The number of carbonyl (C=O) groups is 1. The van der Waals surface area contributed by atoms with Crippen LogP contribution in [-0.2, 0) is 4.79 Å². The van der Waals surface area contributed by atoms with Gasteiger partial charge in [-0.2, -0.15) is 0 Å². The van der Waals surface area contributed by atoms with Crippen LogP contribution in [0.1, 0.15) is 20.3 Å². The molecule has 0 unspecified atom stereocenters. The lowest BCUT2D eigenvalue weighted by molar-refractivity contribution is -0.383. The van der Waals surface area contributed by atoms with Gasteiger partial charge in [-0.15, -0.1) is 0 Å². The average Bonchev–Trinajstić information content (AvgIpc) is 2.36. The normalized spacial score (nSPS) is 10.3. The summed E-state index contributed by atoms with van der Waals surface area (Å²) >= 11 is 0. The minimum Gasteiger partial charge on any atom is -0.393 e. The number of anilines is 2. The minimum atomic E-state index is -0.529. The Morgan fingerprint density at radius 1 is 1.45 bits per heavy atom. The van der Waals surface area contributed by atoms with Crippen LogP contribution in [0.4, 0.5) is 17.1 Å². The molecule has 110 valence electrons. The summed E-state index contributed by atoms with van der Waals surface area (Å²) in [5.74, 6) is 0.391. The molecule has 20 heavy (non-hydrogen) atoms. The van der Waals surface area contributed by atoms with Gasteiger partial charge < -0.3 is 16.4 Å². The van der Waals surface area contributed by atoms with Crippen molar-refractivity contribution in [3.63, 3.8) is 0 Å². The van der Waals surface area contributed by atoms with Crippen LogP contribution in [0.25, 0.3) is 0 Å². The summed E-state index contributed by atoms with van der Waals surface area (Å²) in [6, 6.07) is 4.40. The van der Waals surface area contributed by atoms with Crippen LogP contribution in [0.3, 0.4) is 0 Å². The standard InChI is InChI=1S/C13H20N4O3/c1-9(2)8-16-13(18)5-6-15-10-3-4-12(17(19)20)11(14)7-10/h3-4,7,9,15H,5-6,8,14H2,1-2H3,(H,16,18). The smallest absolute Gasteiger partial charge is 0.292 e. The van der Waals surface area contributed by atoms with Crippen molar-refractivity contribution in [1.29, 1.82) is 0 Å². The number of nitro groups is 1. The largest absolute Gasteiger partial charge is 0.393 e. The van der Waals surface area contributed by atoms with Crippen LogP contribution in [0.5, 0.6) is 0 Å². The van der Waals surface area contributed by atoms with Crippen molar-refractivity contribution in [1.82, 2.24) is 5.32 Å². The van der Waals surface area contributed by atoms with Gasteiger partial charge in [-0.25, -0.2) is 0 Å². The van der Waals surface area contributed by atoms with Gasteiger partial charge in [-0.1, -0.05) is 13.8 Å². The van der Waals surface area contributed by atoms with Gasteiger partial charge in [0, 0.05) is 31.3 Å². The molecule has 7 nitrogen and oxygen atoms in total. The lowest BCUT2D eigenvalue weighted by Crippen LogP contribution is -2.28. The maximum atomic E-state index is 11.5. The Labute approximate surface area is 117 Å². The number of nitrogens with one attached hydrogen (secondary N) is 2. The molecule has 0 saturated heterocycles. The summed E-state index contributed by atoms with van der Waals surface area (Å²) in [5.41, 5.74) is 6.21. The van der Waals surface area contributed by atoms with Gasteiger partial charge in [-0.3, -0.25) is 14.9 Å². The van der Waals surface area contributed by atoms with Crippen LogP contribution in [0.15, 0.2) is 18.2 Å². The van der Waals surface area contributed by atoms with E-state index in [0.29, 0.717) is 31.1 Å². The van der Waals surface area contributed by atoms with E-state index in [4.69, 9.17) is 5.73 Å². The fraction of sp³-hybridized carbons (Fsp3) is 0.462. The van der Waals surface area contributed by atoms with Crippen molar-refractivity contribution in [3.8, 4) is 0 Å². The Hall–Kier alpha value is -2.31. The highest BCUT2D eigenvalue weighted by Gasteiger charge is 2.11. The highest BCUT2D eigenvalue weighted by Crippen LogP contribution is 2.24. The number of nitrogens with zero attached hydrogens (tertiary/aromatic N) is 1. The van der Waals surface area contributed by atoms with Crippen molar-refractivity contribution in [2.75, 3.05) is 24.1 Å². The van der Waals surface area contributed by atoms with Crippen molar-refractivity contribution >= 4 is 23.0 Å². The molecular formula is C13H20N4O3. The molecule has 0 radical (unpaired) electrons. The fourth-order valence-corrected chi connectivity index (χ4v) is 1.56. The first-order valence-electron chi connectivity index (χ1n) is 6.44. The van der Waals surface area contributed by atoms with Gasteiger partial charge in [0.25, 0.3) is 5.69 Å². The third kappa shape index (κ3) is 5.13. The highest BCUT2D eigenvalue weighted by molar-refractivity contribution is 5.76. The Bertz CT molecular complexity index is 489. The minimum absolute atomic E-state index is 0.0268. The van der Waals surface area contributed by atoms with Crippen LogP contribution < -0.4 is 16.4 Å². The van der Waals surface area contributed by atoms with Gasteiger partial charge in [0.15, 0.2) is 0 Å². The van der Waals surface area contributed by atoms with E-state index >= 15 is 0 Å². The summed E-state index contributed by atoms with van der Waals surface area (Å²) < 4.78 is 0. The zero-order valence-corrected chi connectivity index (χ0v) is 11.7. The molecule has 0 aliphatic rings. The number of amides is 1. The molecule has 7 heteroatoms. The second-order valence-electron chi connectivity index (χ2n) is 4.91. The molecule has 0 saturated carbocycles. The summed E-state index contributed by atoms with van der Waals surface area (Å²) in [6.07, 6.45) is 0.337. The van der Waals surface area contributed by atoms with Gasteiger partial charge in [0.05, 0.1) is 4.92 Å². The predicted molar refractivity (Wildman–Crippen MR) is 78.5 cm³/mol. The predicted octanol–water partition coefficient (Wildman–Crippen LogP) is 1.75. The van der Waals surface area contributed by atoms with E-state index in [1.807, 2.05) is 13.8 Å². The molecule has 0 aromatic heterocycles. The molecule has 1 aromatic carbocycles. The first-order valence-corrected chi connectivity index (χ1v) is 6.44. The molecule has 1 aromatic rings. The second-order valence-corrected chi connectivity index (χ2v) is 4.91. The van der Waals surface area contributed by atoms with Crippen LogP contribution in [0.2, 0.25) is 0 Å². The highest BCUT2D eigenvalue weighted by atomic mass is 16.6. The SMILES string of the molecule is CC(C)CNC(=O)CCNc1ccc([N+](=O)[O-])c(N)c1. The van der Waals surface area contributed by atoms with Crippen molar-refractivity contribution in [2.24, 2.45) is 5.92 Å². The number of nitrogen functional groups attached to an aromatic ring is 1. The van der Waals surface area contributed by atoms with Crippen LogP contribution in [0, 0.1) is 16.0 Å². The van der Waals surface area contributed by atoms with E-state index in [9.17, 15) is 14.9 Å².